The second-order valence-corrected chi connectivity index (χ2v) is 23.4. The summed E-state index contributed by atoms with van der Waals surface area (Å²) in [5.74, 6) is 3.15. The van der Waals surface area contributed by atoms with Crippen molar-refractivity contribution in [3.63, 3.8) is 0 Å². The molecule has 6 nitrogen and oxygen atoms in total. The summed E-state index contributed by atoms with van der Waals surface area (Å²) in [5.41, 5.74) is 20.3. The van der Waals surface area contributed by atoms with Crippen LogP contribution in [0.3, 0.4) is 0 Å². The van der Waals surface area contributed by atoms with Crippen LogP contribution in [0.25, 0.3) is 88.8 Å². The van der Waals surface area contributed by atoms with Gasteiger partial charge in [-0.05, 0) is 124 Å². The summed E-state index contributed by atoms with van der Waals surface area (Å²) >= 11 is 0. The molecule has 78 heavy (non-hydrogen) atoms. The fourth-order valence-corrected chi connectivity index (χ4v) is 12.3. The van der Waals surface area contributed by atoms with Crippen molar-refractivity contribution >= 4 is 101 Å². The van der Waals surface area contributed by atoms with Crippen molar-refractivity contribution in [2.24, 2.45) is 0 Å². The van der Waals surface area contributed by atoms with Crippen LogP contribution in [0.2, 0.25) is 0 Å². The van der Waals surface area contributed by atoms with Gasteiger partial charge >= 0.3 is 0 Å². The zero-order valence-corrected chi connectivity index (χ0v) is 44.7. The lowest BCUT2D eigenvalue weighted by molar-refractivity contribution is 0.589. The number of nitrogens with zero attached hydrogens (tertiary/aromatic N) is 2. The van der Waals surface area contributed by atoms with E-state index in [1.54, 1.807) is 0 Å². The molecule has 13 aromatic rings. The van der Waals surface area contributed by atoms with Crippen LogP contribution in [-0.2, 0) is 10.8 Å². The fraction of sp³-hybridized carbons (Fsp3) is 0.127. The van der Waals surface area contributed by atoms with Gasteiger partial charge in [-0.3, -0.25) is 9.80 Å². The van der Waals surface area contributed by atoms with Gasteiger partial charge < -0.3 is 17.7 Å². The number of rotatable bonds is 6. The Hall–Kier alpha value is -9.20. The van der Waals surface area contributed by atoms with Crippen molar-refractivity contribution in [1.29, 1.82) is 0 Å². The third-order valence-electron chi connectivity index (χ3n) is 16.2. The van der Waals surface area contributed by atoms with Crippen molar-refractivity contribution in [3.8, 4) is 44.9 Å². The molecule has 0 unspecified atom stereocenters. The summed E-state index contributed by atoms with van der Waals surface area (Å²) in [6.07, 6.45) is 0. The lowest BCUT2D eigenvalue weighted by Crippen LogP contribution is -2.61. The number of fused-ring (bicyclic) bond motifs is 10. The van der Waals surface area contributed by atoms with Gasteiger partial charge in [0, 0.05) is 66.1 Å². The van der Waals surface area contributed by atoms with E-state index in [9.17, 15) is 0 Å². The molecule has 0 aliphatic carbocycles. The molecule has 0 amide bonds. The molecular formula is C71H55BN2O4. The Bertz CT molecular complexity index is 4210. The van der Waals surface area contributed by atoms with Gasteiger partial charge in [0.2, 0.25) is 11.8 Å². The molecular weight excluding hydrogens is 956 g/mol. The van der Waals surface area contributed by atoms with Crippen LogP contribution in [-0.4, -0.2) is 6.71 Å². The van der Waals surface area contributed by atoms with Gasteiger partial charge in [0.25, 0.3) is 6.71 Å². The smallest absolute Gasteiger partial charge is 0.262 e. The van der Waals surface area contributed by atoms with Gasteiger partial charge in [-0.15, -0.1) is 0 Å². The van der Waals surface area contributed by atoms with Crippen molar-refractivity contribution in [2.45, 2.75) is 59.3 Å². The van der Waals surface area contributed by atoms with Crippen LogP contribution in [0.1, 0.15) is 58.2 Å². The van der Waals surface area contributed by atoms with Crippen LogP contribution in [0.15, 0.2) is 224 Å². The first-order chi connectivity index (χ1) is 37.8. The van der Waals surface area contributed by atoms with E-state index in [4.69, 9.17) is 17.7 Å². The molecule has 376 valence electrons. The zero-order valence-electron chi connectivity index (χ0n) is 44.7. The van der Waals surface area contributed by atoms with Crippen LogP contribution in [0, 0.1) is 6.92 Å². The normalized spacial score (nSPS) is 13.2. The number of benzene rings is 9. The maximum absolute atomic E-state index is 7.51. The highest BCUT2D eigenvalue weighted by Crippen LogP contribution is 2.52. The Morgan fingerprint density at radius 2 is 0.769 bits per heavy atom. The minimum Gasteiger partial charge on any atom is -0.456 e. The highest BCUT2D eigenvalue weighted by molar-refractivity contribution is 7.02. The molecule has 0 atom stereocenters. The third kappa shape index (κ3) is 7.17. The van der Waals surface area contributed by atoms with Crippen LogP contribution < -0.4 is 26.2 Å². The van der Waals surface area contributed by atoms with Gasteiger partial charge in [-0.25, -0.2) is 0 Å². The first kappa shape index (κ1) is 46.1. The first-order valence-corrected chi connectivity index (χ1v) is 27.1. The van der Waals surface area contributed by atoms with Gasteiger partial charge in [0.1, 0.15) is 33.9 Å². The fourth-order valence-electron chi connectivity index (χ4n) is 12.3. The van der Waals surface area contributed by atoms with Gasteiger partial charge in [0.05, 0.1) is 11.4 Å². The second-order valence-electron chi connectivity index (χ2n) is 23.4. The number of aryl methyl sites for hydroxylation is 1. The standard InChI is InChI=1S/C71H55BN2O4/c1-42-34-57-67-58(35-42)74(56-37-48(27-31-52(56)44-20-12-9-13-21-44)64-39-46-23-15-17-25-60(46)76-64)69-66(54-41-50(71(5,6)7)29-33-62(54)78-69)72(67)65-53-40-49(70(2,3)4)28-32-61(53)77-68(65)73(57)55-36-47(26-30-51(55)43-18-10-8-11-19-43)63-38-45-22-14-16-24-59(45)75-63/h8-41H,1-7H3. The maximum atomic E-state index is 7.51. The van der Waals surface area contributed by atoms with E-state index in [1.807, 2.05) is 24.3 Å². The van der Waals surface area contributed by atoms with Gasteiger partial charge in [-0.1, -0.05) is 175 Å². The minimum absolute atomic E-state index is 0.133. The first-order valence-electron chi connectivity index (χ1n) is 27.1. The summed E-state index contributed by atoms with van der Waals surface area (Å²) in [4.78, 5) is 4.83. The molecule has 0 saturated heterocycles. The number of furan rings is 4. The quantitative estimate of drug-likeness (QED) is 0.155. The number of para-hydroxylation sites is 2. The summed E-state index contributed by atoms with van der Waals surface area (Å²) in [6, 6.07) is 74.0. The van der Waals surface area contributed by atoms with Crippen LogP contribution in [0.4, 0.5) is 34.5 Å². The highest BCUT2D eigenvalue weighted by atomic mass is 16.4. The van der Waals surface area contributed by atoms with Crippen molar-refractivity contribution in [2.75, 3.05) is 9.80 Å². The maximum Gasteiger partial charge on any atom is 0.262 e. The Kier molecular flexibility index (Phi) is 10.00. The summed E-state index contributed by atoms with van der Waals surface area (Å²) in [7, 11) is 0. The average molecular weight is 1010 g/mol. The largest absolute Gasteiger partial charge is 0.456 e. The van der Waals surface area contributed by atoms with Gasteiger partial charge in [0.15, 0.2) is 0 Å². The highest BCUT2D eigenvalue weighted by Gasteiger charge is 2.50. The number of hydrogen-bond acceptors (Lipinski definition) is 6. The summed E-state index contributed by atoms with van der Waals surface area (Å²) in [6.45, 7) is 15.6. The topological polar surface area (TPSA) is 59.0 Å². The molecule has 0 saturated carbocycles. The molecule has 9 aromatic carbocycles. The molecule has 0 N–H and O–H groups in total. The monoisotopic (exact) mass is 1010 g/mol. The van der Waals surface area contributed by atoms with E-state index in [0.717, 1.165) is 145 Å². The summed E-state index contributed by atoms with van der Waals surface area (Å²) < 4.78 is 28.3. The molecule has 2 aliphatic rings. The van der Waals surface area contributed by atoms with Crippen LogP contribution in [0.5, 0.6) is 0 Å². The van der Waals surface area contributed by atoms with E-state index in [0.29, 0.717) is 0 Å². The molecule has 0 radical (unpaired) electrons. The average Bonchev–Trinajstić information content (AvgIpc) is 4.44. The van der Waals surface area contributed by atoms with Crippen molar-refractivity contribution in [3.05, 3.63) is 223 Å². The van der Waals surface area contributed by atoms with E-state index < -0.39 is 0 Å². The zero-order chi connectivity index (χ0) is 52.8. The Balaban J connectivity index is 1.09. The molecule has 2 aliphatic heterocycles. The SMILES string of the molecule is Cc1cc2c3c(c1)N(c1cc(-c4cc5ccccc5o4)ccc1-c1ccccc1)c1oc4ccc(C(C)(C)C)cc4c1B3c1c(oc3ccc(C(C)(C)C)cc13)N2c1cc(-c2cc3ccccc3o2)ccc1-c1ccccc1. The van der Waals surface area contributed by atoms with E-state index >= 15 is 0 Å². The van der Waals surface area contributed by atoms with E-state index in [-0.39, 0.29) is 17.5 Å². The predicted molar refractivity (Wildman–Crippen MR) is 323 cm³/mol. The van der Waals surface area contributed by atoms with E-state index in [1.165, 1.54) is 11.1 Å². The third-order valence-corrected chi connectivity index (χ3v) is 16.2. The lowest BCUT2D eigenvalue weighted by atomic mass is 9.33. The molecule has 0 bridgehead atoms. The molecule has 6 heterocycles. The minimum atomic E-state index is -0.307. The van der Waals surface area contributed by atoms with Crippen LogP contribution >= 0.6 is 0 Å². The van der Waals surface area contributed by atoms with E-state index in [2.05, 4.69) is 240 Å². The second kappa shape index (κ2) is 16.9. The van der Waals surface area contributed by atoms with Crippen molar-refractivity contribution in [1.82, 2.24) is 0 Å². The van der Waals surface area contributed by atoms with Crippen molar-refractivity contribution < 1.29 is 17.7 Å². The predicted octanol–water partition coefficient (Wildman–Crippen LogP) is 18.3. The molecule has 15 rings (SSSR count). The Labute approximate surface area is 453 Å². The number of hydrogen-bond donors (Lipinski definition) is 0. The molecule has 0 spiro atoms. The molecule has 4 aromatic heterocycles. The number of anilines is 6. The molecule has 7 heteroatoms. The Morgan fingerprint density at radius 3 is 1.19 bits per heavy atom. The summed E-state index contributed by atoms with van der Waals surface area (Å²) in [5, 5.41) is 4.27. The lowest BCUT2D eigenvalue weighted by Gasteiger charge is -2.41. The Morgan fingerprint density at radius 1 is 0.346 bits per heavy atom. The van der Waals surface area contributed by atoms with Gasteiger partial charge in [-0.2, -0.15) is 0 Å². The molecule has 0 fully saturated rings.